The van der Waals surface area contributed by atoms with Gasteiger partial charge in [-0.05, 0) is 31.0 Å². The molecule has 8 heteroatoms. The molecule has 0 spiro atoms. The van der Waals surface area contributed by atoms with Crippen LogP contribution in [0.3, 0.4) is 0 Å². The highest BCUT2D eigenvalue weighted by Gasteiger charge is 2.34. The lowest BCUT2D eigenvalue weighted by atomic mass is 10.2. The van der Waals surface area contributed by atoms with Crippen LogP contribution >= 0.6 is 11.9 Å². The van der Waals surface area contributed by atoms with Gasteiger partial charge in [0.05, 0.1) is 4.90 Å². The van der Waals surface area contributed by atoms with Crippen molar-refractivity contribution in [1.82, 2.24) is 9.03 Å². The molecule has 6 nitrogen and oxygen atoms in total. The van der Waals surface area contributed by atoms with E-state index in [0.717, 1.165) is 21.8 Å². The highest BCUT2D eigenvalue weighted by atomic mass is 32.2. The van der Waals surface area contributed by atoms with Gasteiger partial charge >= 0.3 is 6.03 Å². The Hall–Kier alpha value is -1.54. The Morgan fingerprint density at radius 2 is 1.95 bits per heavy atom. The molecule has 0 bridgehead atoms. The van der Waals surface area contributed by atoms with Crippen LogP contribution in [0.4, 0.5) is 4.79 Å². The van der Waals surface area contributed by atoms with Crippen molar-refractivity contribution in [1.29, 1.82) is 0 Å². The number of nitrogens with one attached hydrogen (secondary N) is 1. The van der Waals surface area contributed by atoms with Crippen LogP contribution in [-0.2, 0) is 14.8 Å². The van der Waals surface area contributed by atoms with E-state index in [0.29, 0.717) is 0 Å². The van der Waals surface area contributed by atoms with Crippen LogP contribution in [0.1, 0.15) is 18.9 Å². The van der Waals surface area contributed by atoms with E-state index < -0.39 is 16.1 Å². The van der Waals surface area contributed by atoms with Gasteiger partial charge in [-0.25, -0.2) is 22.2 Å². The van der Waals surface area contributed by atoms with Gasteiger partial charge in [0.2, 0.25) is 5.91 Å². The number of rotatable bonds is 2. The molecule has 1 fully saturated rings. The van der Waals surface area contributed by atoms with Crippen molar-refractivity contribution in [3.63, 3.8) is 0 Å². The van der Waals surface area contributed by atoms with E-state index in [1.807, 2.05) is 11.6 Å². The van der Waals surface area contributed by atoms with Crippen molar-refractivity contribution < 1.29 is 18.0 Å². The minimum absolute atomic E-state index is 0.0128. The van der Waals surface area contributed by atoms with Crippen molar-refractivity contribution in [2.24, 2.45) is 0 Å². The number of sulfonamides is 1. The summed E-state index contributed by atoms with van der Waals surface area (Å²) in [6, 6.07) is 5.16. The number of imide groups is 1. The standard InChI is InChI=1S/C12H14N2O4S2/c1-8-3-5-10(6-4-8)20(17,18)13-12(16)14-11(15)7-9(2)19-14/h3-6,9H,7H2,1-2H3,(H,13,16). The summed E-state index contributed by atoms with van der Waals surface area (Å²) in [5.74, 6) is -0.390. The van der Waals surface area contributed by atoms with Crippen molar-refractivity contribution in [2.75, 3.05) is 0 Å². The smallest absolute Gasteiger partial charge is 0.273 e. The average Bonchev–Trinajstić information content (AvgIpc) is 2.68. The molecule has 1 N–H and O–H groups in total. The van der Waals surface area contributed by atoms with Gasteiger partial charge in [-0.2, -0.15) is 0 Å². The van der Waals surface area contributed by atoms with Gasteiger partial charge in [0.15, 0.2) is 0 Å². The summed E-state index contributed by atoms with van der Waals surface area (Å²) in [4.78, 5) is 23.4. The van der Waals surface area contributed by atoms with Crippen LogP contribution in [0.25, 0.3) is 0 Å². The monoisotopic (exact) mass is 314 g/mol. The fraction of sp³-hybridized carbons (Fsp3) is 0.333. The Labute approximate surface area is 121 Å². The number of hydrogen-bond donors (Lipinski definition) is 1. The van der Waals surface area contributed by atoms with E-state index in [4.69, 9.17) is 0 Å². The molecule has 0 saturated carbocycles. The highest BCUT2D eigenvalue weighted by Crippen LogP contribution is 2.29. The molecule has 0 aromatic heterocycles. The van der Waals surface area contributed by atoms with Gasteiger partial charge in [-0.1, -0.05) is 24.6 Å². The second kappa shape index (κ2) is 5.45. The molecule has 2 rings (SSSR count). The summed E-state index contributed by atoms with van der Waals surface area (Å²) in [7, 11) is -3.96. The number of aryl methyl sites for hydroxylation is 1. The molecule has 1 aliphatic heterocycles. The molecule has 0 aliphatic carbocycles. The maximum absolute atomic E-state index is 12.0. The Balaban J connectivity index is 2.14. The molecule has 1 unspecified atom stereocenters. The summed E-state index contributed by atoms with van der Waals surface area (Å²) >= 11 is 1.03. The van der Waals surface area contributed by atoms with Gasteiger partial charge in [0.1, 0.15) is 0 Å². The Morgan fingerprint density at radius 1 is 1.35 bits per heavy atom. The largest absolute Gasteiger partial charge is 0.348 e. The zero-order chi connectivity index (χ0) is 14.9. The maximum Gasteiger partial charge on any atom is 0.348 e. The van der Waals surface area contributed by atoms with Crippen LogP contribution in [-0.4, -0.2) is 29.9 Å². The molecular weight excluding hydrogens is 300 g/mol. The zero-order valence-electron chi connectivity index (χ0n) is 11.0. The number of benzene rings is 1. The fourth-order valence-electron chi connectivity index (χ4n) is 1.70. The topological polar surface area (TPSA) is 83.6 Å². The summed E-state index contributed by atoms with van der Waals surface area (Å²) in [6.45, 7) is 3.63. The third-order valence-electron chi connectivity index (χ3n) is 2.71. The van der Waals surface area contributed by atoms with E-state index in [1.54, 1.807) is 19.1 Å². The predicted molar refractivity (Wildman–Crippen MR) is 75.4 cm³/mol. The third kappa shape index (κ3) is 3.13. The van der Waals surface area contributed by atoms with E-state index in [2.05, 4.69) is 0 Å². The zero-order valence-corrected chi connectivity index (χ0v) is 12.6. The Kier molecular flexibility index (Phi) is 4.05. The molecule has 1 aromatic rings. The first kappa shape index (κ1) is 14.9. The molecule has 108 valence electrons. The molecule has 1 saturated heterocycles. The molecule has 1 aliphatic rings. The lowest BCUT2D eigenvalue weighted by Gasteiger charge is -2.14. The molecule has 0 radical (unpaired) electrons. The number of carbonyl (C=O) groups is 2. The first-order valence-electron chi connectivity index (χ1n) is 5.93. The number of urea groups is 1. The van der Waals surface area contributed by atoms with Gasteiger partial charge in [0, 0.05) is 11.7 Å². The maximum atomic E-state index is 12.0. The minimum atomic E-state index is -3.96. The second-order valence-corrected chi connectivity index (χ2v) is 7.60. The van der Waals surface area contributed by atoms with E-state index in [-0.39, 0.29) is 22.5 Å². The van der Waals surface area contributed by atoms with E-state index >= 15 is 0 Å². The van der Waals surface area contributed by atoms with Crippen LogP contribution in [0.5, 0.6) is 0 Å². The average molecular weight is 314 g/mol. The SMILES string of the molecule is Cc1ccc(S(=O)(=O)NC(=O)N2SC(C)CC2=O)cc1. The van der Waals surface area contributed by atoms with Crippen LogP contribution < -0.4 is 4.72 Å². The molecule has 3 amide bonds. The highest BCUT2D eigenvalue weighted by molar-refractivity contribution is 7.99. The van der Waals surface area contributed by atoms with Crippen LogP contribution in [0.2, 0.25) is 0 Å². The van der Waals surface area contributed by atoms with Crippen LogP contribution in [0, 0.1) is 6.92 Å². The predicted octanol–water partition coefficient (Wildman–Crippen LogP) is 1.66. The number of amides is 3. The molecular formula is C12H14N2O4S2. The first-order valence-corrected chi connectivity index (χ1v) is 8.25. The Bertz CT molecular complexity index is 640. The first-order chi connectivity index (χ1) is 9.29. The summed E-state index contributed by atoms with van der Waals surface area (Å²) in [5, 5.41) is -0.0321. The molecule has 1 aromatic carbocycles. The molecule has 1 atom stereocenters. The van der Waals surface area contributed by atoms with E-state index in [9.17, 15) is 18.0 Å². The fourth-order valence-corrected chi connectivity index (χ4v) is 3.60. The quantitative estimate of drug-likeness (QED) is 0.839. The number of hydrogen-bond acceptors (Lipinski definition) is 5. The third-order valence-corrected chi connectivity index (χ3v) is 5.15. The van der Waals surface area contributed by atoms with E-state index in [1.165, 1.54) is 12.1 Å². The van der Waals surface area contributed by atoms with Crippen molar-refractivity contribution in [3.8, 4) is 0 Å². The lowest BCUT2D eigenvalue weighted by molar-refractivity contribution is -0.123. The summed E-state index contributed by atoms with van der Waals surface area (Å²) in [6.07, 6.45) is 0.225. The van der Waals surface area contributed by atoms with Gasteiger partial charge in [-0.3, -0.25) is 4.79 Å². The van der Waals surface area contributed by atoms with Crippen molar-refractivity contribution in [3.05, 3.63) is 29.8 Å². The molecule has 20 heavy (non-hydrogen) atoms. The molecule has 1 heterocycles. The van der Waals surface area contributed by atoms with Crippen molar-refractivity contribution in [2.45, 2.75) is 30.4 Å². The second-order valence-electron chi connectivity index (χ2n) is 4.53. The van der Waals surface area contributed by atoms with Crippen LogP contribution in [0.15, 0.2) is 29.2 Å². The van der Waals surface area contributed by atoms with Gasteiger partial charge in [-0.15, -0.1) is 0 Å². The van der Waals surface area contributed by atoms with Gasteiger partial charge in [0.25, 0.3) is 10.0 Å². The van der Waals surface area contributed by atoms with Gasteiger partial charge < -0.3 is 0 Å². The summed E-state index contributed by atoms with van der Waals surface area (Å²) < 4.78 is 26.8. The lowest BCUT2D eigenvalue weighted by Crippen LogP contribution is -2.40. The summed E-state index contributed by atoms with van der Waals surface area (Å²) in [5.41, 5.74) is 0.911. The minimum Gasteiger partial charge on any atom is -0.273 e. The number of nitrogens with zero attached hydrogens (tertiary/aromatic N) is 1. The normalized spacial score (nSPS) is 19.2. The Morgan fingerprint density at radius 3 is 2.45 bits per heavy atom. The number of carbonyl (C=O) groups excluding carboxylic acids is 2. The van der Waals surface area contributed by atoms with Crippen molar-refractivity contribution >= 4 is 33.9 Å².